The Balaban J connectivity index is 1.92. The summed E-state index contributed by atoms with van der Waals surface area (Å²) >= 11 is 0. The van der Waals surface area contributed by atoms with Crippen molar-refractivity contribution in [3.63, 3.8) is 0 Å². The highest BCUT2D eigenvalue weighted by Crippen LogP contribution is 2.27. The number of rotatable bonds is 4. The van der Waals surface area contributed by atoms with E-state index in [1.54, 1.807) is 0 Å². The zero-order chi connectivity index (χ0) is 13.8. The summed E-state index contributed by atoms with van der Waals surface area (Å²) < 4.78 is 5.62. The van der Waals surface area contributed by atoms with E-state index in [1.807, 2.05) is 7.05 Å². The molecule has 2 saturated heterocycles. The number of nitrogens with one attached hydrogen (secondary N) is 2. The minimum atomic E-state index is -0.160. The van der Waals surface area contributed by atoms with Crippen molar-refractivity contribution in [2.24, 2.45) is 11.8 Å². The first kappa shape index (κ1) is 14.4. The highest BCUT2D eigenvalue weighted by molar-refractivity contribution is 5.88. The van der Waals surface area contributed by atoms with Gasteiger partial charge in [0.2, 0.25) is 12.3 Å². The molecule has 2 N–H and O–H groups in total. The summed E-state index contributed by atoms with van der Waals surface area (Å²) in [5.74, 6) is 0.0157. The summed E-state index contributed by atoms with van der Waals surface area (Å²) in [7, 11) is 1.95. The second-order valence-electron chi connectivity index (χ2n) is 5.58. The Kier molecular flexibility index (Phi) is 4.90. The molecule has 4 unspecified atom stereocenters. The van der Waals surface area contributed by atoms with Crippen molar-refractivity contribution in [2.45, 2.75) is 25.4 Å². The topological polar surface area (TPSA) is 70.7 Å². The quantitative estimate of drug-likeness (QED) is 0.654. The molecule has 0 saturated carbocycles. The summed E-state index contributed by atoms with van der Waals surface area (Å²) in [5.41, 5.74) is 0. The second-order valence-corrected chi connectivity index (χ2v) is 5.58. The van der Waals surface area contributed by atoms with Crippen LogP contribution in [0.1, 0.15) is 13.3 Å². The molecular formula is C13H23N3O3. The number of imide groups is 1. The highest BCUT2D eigenvalue weighted by atomic mass is 16.5. The van der Waals surface area contributed by atoms with Crippen molar-refractivity contribution < 1.29 is 14.3 Å². The van der Waals surface area contributed by atoms with Gasteiger partial charge in [0.1, 0.15) is 0 Å². The molecule has 0 aromatic heterocycles. The van der Waals surface area contributed by atoms with Gasteiger partial charge < -0.3 is 10.1 Å². The molecule has 2 rings (SSSR count). The maximum absolute atomic E-state index is 11.8. The summed E-state index contributed by atoms with van der Waals surface area (Å²) in [6.07, 6.45) is 1.52. The van der Waals surface area contributed by atoms with Crippen LogP contribution in [0, 0.1) is 11.8 Å². The number of hydrogen-bond donors (Lipinski definition) is 2. The van der Waals surface area contributed by atoms with Gasteiger partial charge in [-0.25, -0.2) is 0 Å². The van der Waals surface area contributed by atoms with Gasteiger partial charge in [0.25, 0.3) is 0 Å². The Morgan fingerprint density at radius 2 is 2.16 bits per heavy atom. The third-order valence-corrected chi connectivity index (χ3v) is 4.29. The van der Waals surface area contributed by atoms with Gasteiger partial charge in [0.05, 0.1) is 19.1 Å². The number of hydrogen-bond acceptors (Lipinski definition) is 5. The Bertz CT molecular complexity index is 337. The van der Waals surface area contributed by atoms with E-state index in [2.05, 4.69) is 22.5 Å². The molecule has 2 fully saturated rings. The van der Waals surface area contributed by atoms with E-state index in [0.29, 0.717) is 25.0 Å². The normalized spacial score (nSPS) is 36.1. The standard InChI is InChI=1S/C13H23N3O3/c1-9-4-16(5-12(9)13(18)15-8-17)11-3-10(14-2)6-19-7-11/h8-12,14H,3-7H2,1-2H3,(H,15,17,18). The molecule has 6 heteroatoms. The molecule has 0 bridgehead atoms. The monoisotopic (exact) mass is 269 g/mol. The van der Waals surface area contributed by atoms with Crippen molar-refractivity contribution in [1.82, 2.24) is 15.5 Å². The lowest BCUT2D eigenvalue weighted by Crippen LogP contribution is -2.48. The van der Waals surface area contributed by atoms with Crippen molar-refractivity contribution in [1.29, 1.82) is 0 Å². The molecule has 0 radical (unpaired) electrons. The number of nitrogens with zero attached hydrogens (tertiary/aromatic N) is 1. The Hall–Kier alpha value is -0.980. The second kappa shape index (κ2) is 6.45. The van der Waals surface area contributed by atoms with Crippen molar-refractivity contribution in [3.8, 4) is 0 Å². The van der Waals surface area contributed by atoms with Gasteiger partial charge in [-0.2, -0.15) is 0 Å². The fraction of sp³-hybridized carbons (Fsp3) is 0.846. The van der Waals surface area contributed by atoms with E-state index < -0.39 is 0 Å². The first-order valence-corrected chi connectivity index (χ1v) is 6.88. The van der Waals surface area contributed by atoms with Crippen LogP contribution >= 0.6 is 0 Å². The Morgan fingerprint density at radius 1 is 1.37 bits per heavy atom. The van der Waals surface area contributed by atoms with Crippen LogP contribution in [-0.4, -0.2) is 62.7 Å². The first-order chi connectivity index (χ1) is 9.15. The van der Waals surface area contributed by atoms with E-state index in [1.165, 1.54) is 0 Å². The minimum absolute atomic E-state index is 0.0971. The van der Waals surface area contributed by atoms with Gasteiger partial charge in [-0.15, -0.1) is 0 Å². The largest absolute Gasteiger partial charge is 0.378 e. The number of likely N-dealkylation sites (N-methyl/N-ethyl adjacent to an activating group) is 1. The summed E-state index contributed by atoms with van der Waals surface area (Å²) in [6, 6.07) is 0.750. The van der Waals surface area contributed by atoms with Crippen molar-refractivity contribution >= 4 is 12.3 Å². The number of likely N-dealkylation sites (tertiary alicyclic amines) is 1. The molecule has 2 aliphatic heterocycles. The smallest absolute Gasteiger partial charge is 0.231 e. The van der Waals surface area contributed by atoms with Crippen LogP contribution in [0.5, 0.6) is 0 Å². The van der Waals surface area contributed by atoms with E-state index >= 15 is 0 Å². The third kappa shape index (κ3) is 3.32. The van der Waals surface area contributed by atoms with Gasteiger partial charge in [0.15, 0.2) is 0 Å². The molecule has 2 amide bonds. The number of ether oxygens (including phenoxy) is 1. The zero-order valence-corrected chi connectivity index (χ0v) is 11.6. The Morgan fingerprint density at radius 3 is 2.84 bits per heavy atom. The van der Waals surface area contributed by atoms with Gasteiger partial charge >= 0.3 is 0 Å². The SMILES string of the molecule is CNC1COCC(N2CC(C)C(C(=O)NC=O)C2)C1. The Labute approximate surface area is 113 Å². The van der Waals surface area contributed by atoms with E-state index in [0.717, 1.165) is 26.2 Å². The fourth-order valence-corrected chi connectivity index (χ4v) is 3.08. The summed E-state index contributed by atoms with van der Waals surface area (Å²) in [4.78, 5) is 24.5. The van der Waals surface area contributed by atoms with Crippen LogP contribution in [0.3, 0.4) is 0 Å². The van der Waals surface area contributed by atoms with Gasteiger partial charge in [-0.1, -0.05) is 6.92 Å². The van der Waals surface area contributed by atoms with Crippen LogP contribution in [-0.2, 0) is 14.3 Å². The molecule has 108 valence electrons. The lowest BCUT2D eigenvalue weighted by molar-refractivity contribution is -0.128. The average Bonchev–Trinajstić information content (AvgIpc) is 2.81. The molecular weight excluding hydrogens is 246 g/mol. The average molecular weight is 269 g/mol. The maximum Gasteiger partial charge on any atom is 0.231 e. The van der Waals surface area contributed by atoms with Crippen molar-refractivity contribution in [3.05, 3.63) is 0 Å². The molecule has 6 nitrogen and oxygen atoms in total. The van der Waals surface area contributed by atoms with Crippen LogP contribution in [0.4, 0.5) is 0 Å². The van der Waals surface area contributed by atoms with Crippen LogP contribution in [0.25, 0.3) is 0 Å². The molecule has 0 spiro atoms. The zero-order valence-electron chi connectivity index (χ0n) is 11.6. The summed E-state index contributed by atoms with van der Waals surface area (Å²) in [5, 5.41) is 5.52. The lowest BCUT2D eigenvalue weighted by Gasteiger charge is -2.35. The van der Waals surface area contributed by atoms with E-state index in [4.69, 9.17) is 4.74 Å². The van der Waals surface area contributed by atoms with Gasteiger partial charge in [-0.3, -0.25) is 19.8 Å². The summed E-state index contributed by atoms with van der Waals surface area (Å²) in [6.45, 7) is 5.15. The molecule has 19 heavy (non-hydrogen) atoms. The van der Waals surface area contributed by atoms with Gasteiger partial charge in [0, 0.05) is 25.2 Å². The number of carbonyl (C=O) groups is 2. The number of amides is 2. The molecule has 0 aromatic rings. The fourth-order valence-electron chi connectivity index (χ4n) is 3.08. The molecule has 2 heterocycles. The van der Waals surface area contributed by atoms with E-state index in [-0.39, 0.29) is 17.7 Å². The molecule has 0 aliphatic carbocycles. The molecule has 4 atom stereocenters. The lowest BCUT2D eigenvalue weighted by atomic mass is 9.97. The van der Waals surface area contributed by atoms with Gasteiger partial charge in [-0.05, 0) is 19.4 Å². The highest BCUT2D eigenvalue weighted by Gasteiger charge is 2.39. The first-order valence-electron chi connectivity index (χ1n) is 6.88. The van der Waals surface area contributed by atoms with Crippen LogP contribution in [0.15, 0.2) is 0 Å². The predicted octanol–water partition coefficient (Wildman–Crippen LogP) is -0.796. The minimum Gasteiger partial charge on any atom is -0.378 e. The van der Waals surface area contributed by atoms with Crippen molar-refractivity contribution in [2.75, 3.05) is 33.4 Å². The third-order valence-electron chi connectivity index (χ3n) is 4.29. The maximum atomic E-state index is 11.8. The predicted molar refractivity (Wildman–Crippen MR) is 70.5 cm³/mol. The van der Waals surface area contributed by atoms with Crippen LogP contribution < -0.4 is 10.6 Å². The van der Waals surface area contributed by atoms with E-state index in [9.17, 15) is 9.59 Å². The number of carbonyl (C=O) groups excluding carboxylic acids is 2. The molecule has 2 aliphatic rings. The molecule has 0 aromatic carbocycles. The van der Waals surface area contributed by atoms with Crippen LogP contribution in [0.2, 0.25) is 0 Å².